The lowest BCUT2D eigenvalue weighted by atomic mass is 10.0. The Labute approximate surface area is 170 Å². The molecular weight excluding hydrogens is 392 g/mol. The second kappa shape index (κ2) is 7.87. The first-order valence-electron chi connectivity index (χ1n) is 10.0. The van der Waals surface area contributed by atoms with Crippen molar-refractivity contribution in [3.8, 4) is 0 Å². The van der Waals surface area contributed by atoms with E-state index in [1.807, 2.05) is 6.07 Å². The van der Waals surface area contributed by atoms with Crippen LogP contribution in [0.3, 0.4) is 0 Å². The Morgan fingerprint density at radius 2 is 2.00 bits per heavy atom. The van der Waals surface area contributed by atoms with Crippen molar-refractivity contribution in [1.29, 1.82) is 0 Å². The summed E-state index contributed by atoms with van der Waals surface area (Å²) >= 11 is 0. The number of nitrogens with one attached hydrogen (secondary N) is 1. The summed E-state index contributed by atoms with van der Waals surface area (Å²) in [7, 11) is -2.20. The van der Waals surface area contributed by atoms with Gasteiger partial charge in [-0.25, -0.2) is 13.0 Å². The van der Waals surface area contributed by atoms with Crippen molar-refractivity contribution < 1.29 is 17.8 Å². The second-order valence-corrected chi connectivity index (χ2v) is 10.0. The third-order valence-corrected chi connectivity index (χ3v) is 7.86. The van der Waals surface area contributed by atoms with Crippen LogP contribution in [0.15, 0.2) is 27.7 Å². The lowest BCUT2D eigenvalue weighted by Crippen LogP contribution is -2.32. The van der Waals surface area contributed by atoms with Crippen molar-refractivity contribution in [3.05, 3.63) is 40.7 Å². The molecule has 2 aromatic rings. The molecule has 29 heavy (non-hydrogen) atoms. The summed E-state index contributed by atoms with van der Waals surface area (Å²) in [6.07, 6.45) is 5.74. The van der Waals surface area contributed by atoms with Gasteiger partial charge >= 0.3 is 0 Å². The SMILES string of the molecule is Cc1nonc1CN(C)S(=O)(=O)c1ccc2c(c1)[C@@H](NC(=O)C1CCCC1)CC2. The average molecular weight is 419 g/mol. The van der Waals surface area contributed by atoms with E-state index < -0.39 is 10.0 Å². The van der Waals surface area contributed by atoms with Crippen molar-refractivity contribution in [2.24, 2.45) is 5.92 Å². The Morgan fingerprint density at radius 3 is 2.69 bits per heavy atom. The predicted octanol–water partition coefficient (Wildman–Crippen LogP) is 2.49. The molecule has 156 valence electrons. The van der Waals surface area contributed by atoms with Gasteiger partial charge in [0.2, 0.25) is 15.9 Å². The summed E-state index contributed by atoms with van der Waals surface area (Å²) in [4.78, 5) is 12.8. The Kier molecular flexibility index (Phi) is 5.44. The van der Waals surface area contributed by atoms with Gasteiger partial charge < -0.3 is 5.32 Å². The molecule has 0 saturated heterocycles. The van der Waals surface area contributed by atoms with E-state index in [1.165, 1.54) is 11.4 Å². The van der Waals surface area contributed by atoms with Gasteiger partial charge in [0.1, 0.15) is 11.4 Å². The summed E-state index contributed by atoms with van der Waals surface area (Å²) < 4.78 is 32.0. The zero-order chi connectivity index (χ0) is 20.6. The number of amides is 1. The molecule has 1 N–H and O–H groups in total. The number of hydrogen-bond donors (Lipinski definition) is 1. The smallest absolute Gasteiger partial charge is 0.243 e. The Hall–Kier alpha value is -2.26. The average Bonchev–Trinajstić information content (AvgIpc) is 3.44. The fourth-order valence-electron chi connectivity index (χ4n) is 4.24. The molecule has 0 unspecified atom stereocenters. The van der Waals surface area contributed by atoms with Gasteiger partial charge in [-0.3, -0.25) is 4.79 Å². The molecule has 2 aliphatic rings. The molecule has 1 saturated carbocycles. The number of carbonyl (C=O) groups is 1. The molecule has 0 spiro atoms. The summed E-state index contributed by atoms with van der Waals surface area (Å²) in [5.41, 5.74) is 3.06. The largest absolute Gasteiger partial charge is 0.349 e. The molecule has 1 aromatic heterocycles. The minimum absolute atomic E-state index is 0.0800. The molecular formula is C20H26N4O4S. The van der Waals surface area contributed by atoms with Gasteiger partial charge in [-0.15, -0.1) is 0 Å². The number of fused-ring (bicyclic) bond motifs is 1. The van der Waals surface area contributed by atoms with Crippen LogP contribution in [0.1, 0.15) is 60.7 Å². The van der Waals surface area contributed by atoms with Gasteiger partial charge in [-0.2, -0.15) is 4.31 Å². The van der Waals surface area contributed by atoms with Crippen LogP contribution in [0.25, 0.3) is 0 Å². The van der Waals surface area contributed by atoms with Crippen molar-refractivity contribution in [1.82, 2.24) is 19.9 Å². The number of rotatable bonds is 6. The first kappa shape index (κ1) is 20.0. The molecule has 0 radical (unpaired) electrons. The molecule has 8 nitrogen and oxygen atoms in total. The number of nitrogens with zero attached hydrogens (tertiary/aromatic N) is 3. The van der Waals surface area contributed by atoms with Gasteiger partial charge in [0.15, 0.2) is 0 Å². The number of benzene rings is 1. The van der Waals surface area contributed by atoms with Gasteiger partial charge in [-0.1, -0.05) is 29.2 Å². The molecule has 0 aliphatic heterocycles. The van der Waals surface area contributed by atoms with Crippen LogP contribution < -0.4 is 5.32 Å². The van der Waals surface area contributed by atoms with Crippen LogP contribution in [-0.4, -0.2) is 36.0 Å². The van der Waals surface area contributed by atoms with Crippen LogP contribution in [0, 0.1) is 12.8 Å². The van der Waals surface area contributed by atoms with Crippen molar-refractivity contribution >= 4 is 15.9 Å². The van der Waals surface area contributed by atoms with Crippen LogP contribution in [0.5, 0.6) is 0 Å². The van der Waals surface area contributed by atoms with E-state index in [9.17, 15) is 13.2 Å². The van der Waals surface area contributed by atoms with Gasteiger partial charge in [0, 0.05) is 13.0 Å². The highest BCUT2D eigenvalue weighted by Crippen LogP contribution is 2.35. The van der Waals surface area contributed by atoms with E-state index in [2.05, 4.69) is 20.3 Å². The summed E-state index contributed by atoms with van der Waals surface area (Å²) in [5, 5.41) is 10.6. The monoisotopic (exact) mass is 418 g/mol. The molecule has 9 heteroatoms. The lowest BCUT2D eigenvalue weighted by molar-refractivity contribution is -0.125. The van der Waals surface area contributed by atoms with E-state index in [4.69, 9.17) is 0 Å². The van der Waals surface area contributed by atoms with Gasteiger partial charge in [0.25, 0.3) is 0 Å². The quantitative estimate of drug-likeness (QED) is 0.773. The normalized spacial score (nSPS) is 19.6. The topological polar surface area (TPSA) is 105 Å². The number of sulfonamides is 1. The fourth-order valence-corrected chi connectivity index (χ4v) is 5.41. The molecule has 0 bridgehead atoms. The Balaban J connectivity index is 1.53. The van der Waals surface area contributed by atoms with Gasteiger partial charge in [0.05, 0.1) is 17.5 Å². The van der Waals surface area contributed by atoms with Crippen LogP contribution in [-0.2, 0) is 27.8 Å². The Morgan fingerprint density at radius 1 is 1.24 bits per heavy atom. The summed E-state index contributed by atoms with van der Waals surface area (Å²) in [5.74, 6) is 0.191. The zero-order valence-electron chi connectivity index (χ0n) is 16.7. The summed E-state index contributed by atoms with van der Waals surface area (Å²) in [6, 6.07) is 5.09. The highest BCUT2D eigenvalue weighted by Gasteiger charge is 2.31. The third kappa shape index (κ3) is 3.93. The van der Waals surface area contributed by atoms with Crippen LogP contribution in [0.2, 0.25) is 0 Å². The summed E-state index contributed by atoms with van der Waals surface area (Å²) in [6.45, 7) is 1.80. The van der Waals surface area contributed by atoms with E-state index in [1.54, 1.807) is 19.1 Å². The van der Waals surface area contributed by atoms with Crippen LogP contribution in [0.4, 0.5) is 0 Å². The molecule has 1 fully saturated rings. The van der Waals surface area contributed by atoms with E-state index in [0.29, 0.717) is 11.4 Å². The van der Waals surface area contributed by atoms with E-state index in [0.717, 1.165) is 49.7 Å². The zero-order valence-corrected chi connectivity index (χ0v) is 17.5. The van der Waals surface area contributed by atoms with Crippen molar-refractivity contribution in [2.75, 3.05) is 7.05 Å². The number of hydrogen-bond acceptors (Lipinski definition) is 6. The molecule has 1 aromatic carbocycles. The first-order chi connectivity index (χ1) is 13.9. The molecule has 2 aliphatic carbocycles. The first-order valence-corrected chi connectivity index (χ1v) is 11.5. The van der Waals surface area contributed by atoms with E-state index in [-0.39, 0.29) is 29.3 Å². The maximum Gasteiger partial charge on any atom is 0.243 e. The van der Waals surface area contributed by atoms with E-state index >= 15 is 0 Å². The van der Waals surface area contributed by atoms with Crippen LogP contribution >= 0.6 is 0 Å². The highest BCUT2D eigenvalue weighted by atomic mass is 32.2. The standard InChI is InChI=1S/C20H26N4O4S/c1-13-19(23-28-22-13)12-24(2)29(26,27)16-9-7-14-8-10-18(17(14)11-16)21-20(25)15-5-3-4-6-15/h7,9,11,15,18H,3-6,8,10,12H2,1-2H3,(H,21,25)/t18-/m0/s1. The second-order valence-electron chi connectivity index (χ2n) is 8.00. The minimum atomic E-state index is -3.71. The molecule has 1 heterocycles. The minimum Gasteiger partial charge on any atom is -0.349 e. The van der Waals surface area contributed by atoms with Crippen molar-refractivity contribution in [3.63, 3.8) is 0 Å². The predicted molar refractivity (Wildman–Crippen MR) is 105 cm³/mol. The molecule has 1 amide bonds. The number of aromatic nitrogens is 2. The lowest BCUT2D eigenvalue weighted by Gasteiger charge is -2.19. The van der Waals surface area contributed by atoms with Crippen molar-refractivity contribution in [2.45, 2.75) is 62.9 Å². The Bertz CT molecular complexity index is 1010. The maximum absolute atomic E-state index is 13.1. The fraction of sp³-hybridized carbons (Fsp3) is 0.550. The molecule has 4 rings (SSSR count). The maximum atomic E-state index is 13.1. The molecule has 1 atom stereocenters. The third-order valence-electron chi connectivity index (χ3n) is 6.06. The van der Waals surface area contributed by atoms with Gasteiger partial charge in [-0.05, 0) is 55.9 Å². The number of aryl methyl sites for hydroxylation is 2. The highest BCUT2D eigenvalue weighted by molar-refractivity contribution is 7.89. The number of carbonyl (C=O) groups excluding carboxylic acids is 1.